The molecular formula is C14H28N2O. The first-order valence-electron chi connectivity index (χ1n) is 6.99. The van der Waals surface area contributed by atoms with Crippen LogP contribution in [-0.4, -0.2) is 25.0 Å². The number of amides is 1. The first-order valence-corrected chi connectivity index (χ1v) is 6.99. The van der Waals surface area contributed by atoms with E-state index in [1.807, 2.05) is 0 Å². The van der Waals surface area contributed by atoms with Crippen molar-refractivity contribution in [3.63, 3.8) is 0 Å². The zero-order valence-electron chi connectivity index (χ0n) is 11.8. The second kappa shape index (κ2) is 6.39. The molecule has 1 rings (SSSR count). The molecule has 0 aromatic carbocycles. The van der Waals surface area contributed by atoms with Crippen molar-refractivity contribution in [2.45, 2.75) is 59.4 Å². The molecule has 1 amide bonds. The average molecular weight is 240 g/mol. The van der Waals surface area contributed by atoms with Gasteiger partial charge in [0, 0.05) is 11.5 Å². The zero-order valence-corrected chi connectivity index (χ0v) is 11.8. The summed E-state index contributed by atoms with van der Waals surface area (Å²) < 4.78 is 0. The molecule has 0 aromatic rings. The molecule has 0 aromatic heterocycles. The van der Waals surface area contributed by atoms with Gasteiger partial charge in [-0.3, -0.25) is 4.79 Å². The van der Waals surface area contributed by atoms with Crippen LogP contribution in [0.5, 0.6) is 0 Å². The predicted octanol–water partition coefficient (Wildman–Crippen LogP) is 2.32. The molecule has 0 bridgehead atoms. The number of hydrogen-bond acceptors (Lipinski definition) is 2. The molecule has 0 spiro atoms. The average Bonchev–Trinajstić information content (AvgIpc) is 2.29. The standard InChI is InChI=1S/C14H28N2O/c1-5-11(2)10-12(3)16-13(17)14(4)6-8-15-9-7-14/h11-12,15H,5-10H2,1-4H3,(H,16,17). The fraction of sp³-hybridized carbons (Fsp3) is 0.929. The molecule has 2 N–H and O–H groups in total. The Labute approximate surface area is 106 Å². The van der Waals surface area contributed by atoms with E-state index in [9.17, 15) is 4.79 Å². The van der Waals surface area contributed by atoms with Crippen LogP contribution in [0.4, 0.5) is 0 Å². The van der Waals surface area contributed by atoms with Gasteiger partial charge in [-0.15, -0.1) is 0 Å². The van der Waals surface area contributed by atoms with Crippen molar-refractivity contribution in [1.82, 2.24) is 10.6 Å². The number of hydrogen-bond donors (Lipinski definition) is 2. The third kappa shape index (κ3) is 4.30. The Morgan fingerprint density at radius 3 is 2.47 bits per heavy atom. The lowest BCUT2D eigenvalue weighted by molar-refractivity contribution is -0.132. The van der Waals surface area contributed by atoms with E-state index in [4.69, 9.17) is 0 Å². The number of piperidine rings is 1. The Morgan fingerprint density at radius 2 is 1.94 bits per heavy atom. The number of carbonyl (C=O) groups excluding carboxylic acids is 1. The van der Waals surface area contributed by atoms with Crippen LogP contribution in [-0.2, 0) is 4.79 Å². The molecule has 1 saturated heterocycles. The van der Waals surface area contributed by atoms with Crippen molar-refractivity contribution >= 4 is 5.91 Å². The van der Waals surface area contributed by atoms with Crippen LogP contribution < -0.4 is 10.6 Å². The predicted molar refractivity (Wildman–Crippen MR) is 71.9 cm³/mol. The summed E-state index contributed by atoms with van der Waals surface area (Å²) >= 11 is 0. The van der Waals surface area contributed by atoms with E-state index in [1.54, 1.807) is 0 Å². The number of carbonyl (C=O) groups is 1. The van der Waals surface area contributed by atoms with Crippen molar-refractivity contribution in [2.75, 3.05) is 13.1 Å². The number of nitrogens with one attached hydrogen (secondary N) is 2. The van der Waals surface area contributed by atoms with E-state index in [0.29, 0.717) is 12.0 Å². The molecule has 1 heterocycles. The summed E-state index contributed by atoms with van der Waals surface area (Å²) in [6.07, 6.45) is 4.17. The van der Waals surface area contributed by atoms with Crippen LogP contribution in [0.3, 0.4) is 0 Å². The Balaban J connectivity index is 2.42. The fourth-order valence-electron chi connectivity index (χ4n) is 2.43. The second-order valence-corrected chi connectivity index (χ2v) is 5.93. The third-order valence-electron chi connectivity index (χ3n) is 4.09. The highest BCUT2D eigenvalue weighted by molar-refractivity contribution is 5.82. The van der Waals surface area contributed by atoms with Gasteiger partial charge in [0.05, 0.1) is 0 Å². The first kappa shape index (κ1) is 14.5. The van der Waals surface area contributed by atoms with Gasteiger partial charge in [0.15, 0.2) is 0 Å². The van der Waals surface area contributed by atoms with Crippen LogP contribution in [0.2, 0.25) is 0 Å². The molecule has 1 aliphatic heterocycles. The number of rotatable bonds is 5. The highest BCUT2D eigenvalue weighted by Crippen LogP contribution is 2.28. The largest absolute Gasteiger partial charge is 0.353 e. The monoisotopic (exact) mass is 240 g/mol. The summed E-state index contributed by atoms with van der Waals surface area (Å²) in [6, 6.07) is 0.296. The zero-order chi connectivity index (χ0) is 12.9. The normalized spacial score (nSPS) is 22.8. The topological polar surface area (TPSA) is 41.1 Å². The Morgan fingerprint density at radius 1 is 1.35 bits per heavy atom. The summed E-state index contributed by atoms with van der Waals surface area (Å²) in [5.74, 6) is 0.931. The van der Waals surface area contributed by atoms with Crippen LogP contribution in [0.15, 0.2) is 0 Å². The lowest BCUT2D eigenvalue weighted by atomic mass is 9.80. The van der Waals surface area contributed by atoms with E-state index in [0.717, 1.165) is 32.4 Å². The molecule has 3 nitrogen and oxygen atoms in total. The molecule has 3 heteroatoms. The van der Waals surface area contributed by atoms with E-state index in [2.05, 4.69) is 38.3 Å². The summed E-state index contributed by atoms with van der Waals surface area (Å²) in [6.45, 7) is 10.6. The lowest BCUT2D eigenvalue weighted by Crippen LogP contribution is -2.48. The van der Waals surface area contributed by atoms with Gasteiger partial charge in [0.25, 0.3) is 0 Å². The van der Waals surface area contributed by atoms with Crippen molar-refractivity contribution < 1.29 is 4.79 Å². The summed E-state index contributed by atoms with van der Waals surface area (Å²) in [4.78, 5) is 12.3. The lowest BCUT2D eigenvalue weighted by Gasteiger charge is -2.34. The summed E-state index contributed by atoms with van der Waals surface area (Å²) in [5, 5.41) is 6.50. The van der Waals surface area contributed by atoms with Gasteiger partial charge in [-0.25, -0.2) is 0 Å². The molecule has 100 valence electrons. The van der Waals surface area contributed by atoms with Crippen LogP contribution in [0, 0.1) is 11.3 Å². The van der Waals surface area contributed by atoms with Crippen molar-refractivity contribution in [1.29, 1.82) is 0 Å². The summed E-state index contributed by atoms with van der Waals surface area (Å²) in [5.41, 5.74) is -0.158. The molecule has 0 radical (unpaired) electrons. The highest BCUT2D eigenvalue weighted by Gasteiger charge is 2.34. The Bertz CT molecular complexity index is 247. The van der Waals surface area contributed by atoms with Crippen LogP contribution in [0.1, 0.15) is 53.4 Å². The van der Waals surface area contributed by atoms with Crippen molar-refractivity contribution in [3.05, 3.63) is 0 Å². The van der Waals surface area contributed by atoms with E-state index in [1.165, 1.54) is 6.42 Å². The minimum Gasteiger partial charge on any atom is -0.353 e. The SMILES string of the molecule is CCC(C)CC(C)NC(=O)C1(C)CCNCC1. The first-order chi connectivity index (χ1) is 7.98. The van der Waals surface area contributed by atoms with Gasteiger partial charge in [-0.2, -0.15) is 0 Å². The van der Waals surface area contributed by atoms with Crippen molar-refractivity contribution in [2.24, 2.45) is 11.3 Å². The highest BCUT2D eigenvalue weighted by atomic mass is 16.2. The molecule has 2 unspecified atom stereocenters. The van der Waals surface area contributed by atoms with Gasteiger partial charge in [-0.1, -0.05) is 27.2 Å². The van der Waals surface area contributed by atoms with E-state index < -0.39 is 0 Å². The van der Waals surface area contributed by atoms with Gasteiger partial charge >= 0.3 is 0 Å². The molecule has 0 saturated carbocycles. The maximum atomic E-state index is 12.3. The fourth-order valence-corrected chi connectivity index (χ4v) is 2.43. The minimum atomic E-state index is -0.158. The molecule has 1 fully saturated rings. The molecule has 1 aliphatic rings. The molecule has 17 heavy (non-hydrogen) atoms. The molecule has 2 atom stereocenters. The minimum absolute atomic E-state index is 0.158. The van der Waals surface area contributed by atoms with E-state index >= 15 is 0 Å². The maximum absolute atomic E-state index is 12.3. The van der Waals surface area contributed by atoms with Gasteiger partial charge in [0.1, 0.15) is 0 Å². The van der Waals surface area contributed by atoms with Gasteiger partial charge < -0.3 is 10.6 Å². The summed E-state index contributed by atoms with van der Waals surface area (Å²) in [7, 11) is 0. The smallest absolute Gasteiger partial charge is 0.226 e. The quantitative estimate of drug-likeness (QED) is 0.774. The Hall–Kier alpha value is -0.570. The second-order valence-electron chi connectivity index (χ2n) is 5.93. The maximum Gasteiger partial charge on any atom is 0.226 e. The van der Waals surface area contributed by atoms with Gasteiger partial charge in [-0.05, 0) is 45.2 Å². The third-order valence-corrected chi connectivity index (χ3v) is 4.09. The molecular weight excluding hydrogens is 212 g/mol. The van der Waals surface area contributed by atoms with E-state index in [-0.39, 0.29) is 11.3 Å². The van der Waals surface area contributed by atoms with Crippen molar-refractivity contribution in [3.8, 4) is 0 Å². The molecule has 0 aliphatic carbocycles. The van der Waals surface area contributed by atoms with Gasteiger partial charge in [0.2, 0.25) is 5.91 Å². The Kier molecular flexibility index (Phi) is 5.44. The van der Waals surface area contributed by atoms with Crippen LogP contribution >= 0.6 is 0 Å². The van der Waals surface area contributed by atoms with Crippen LogP contribution in [0.25, 0.3) is 0 Å².